The molecular weight excluding hydrogens is 298 g/mol. The molecule has 0 fully saturated rings. The van der Waals surface area contributed by atoms with E-state index in [0.29, 0.717) is 17.1 Å². The van der Waals surface area contributed by atoms with Gasteiger partial charge in [0.2, 0.25) is 5.78 Å². The van der Waals surface area contributed by atoms with Gasteiger partial charge in [0.1, 0.15) is 17.2 Å². The number of carbonyl (C=O) groups is 2. The van der Waals surface area contributed by atoms with Crippen molar-refractivity contribution in [2.45, 2.75) is 0 Å². The fourth-order valence-electron chi connectivity index (χ4n) is 2.05. The van der Waals surface area contributed by atoms with E-state index in [1.807, 2.05) is 0 Å². The Balaban J connectivity index is 2.20. The molecule has 0 aliphatic rings. The Hall–Kier alpha value is -3.02. The van der Waals surface area contributed by atoms with Gasteiger partial charge in [0, 0.05) is 6.07 Å². The molecule has 2 aromatic carbocycles. The molecule has 0 spiro atoms. The first-order valence-electron chi connectivity index (χ1n) is 6.83. The van der Waals surface area contributed by atoms with Crippen molar-refractivity contribution in [1.82, 2.24) is 0 Å². The molecule has 6 heteroatoms. The first-order chi connectivity index (χ1) is 11.1. The summed E-state index contributed by atoms with van der Waals surface area (Å²) < 4.78 is 15.7. The van der Waals surface area contributed by atoms with Crippen LogP contribution in [-0.4, -0.2) is 32.5 Å². The van der Waals surface area contributed by atoms with Crippen LogP contribution in [0.3, 0.4) is 0 Å². The Bertz CT molecular complexity index is 727. The van der Waals surface area contributed by atoms with Gasteiger partial charge < -0.3 is 19.9 Å². The fraction of sp³-hybridized carbons (Fsp3) is 0.176. The molecule has 23 heavy (non-hydrogen) atoms. The number of nitrogens with two attached hydrogens (primary N) is 1. The van der Waals surface area contributed by atoms with E-state index in [2.05, 4.69) is 0 Å². The molecule has 0 radical (unpaired) electrons. The van der Waals surface area contributed by atoms with E-state index in [4.69, 9.17) is 19.9 Å². The number of para-hydroxylation sites is 1. The predicted molar refractivity (Wildman–Crippen MR) is 84.3 cm³/mol. The second-order valence-electron chi connectivity index (χ2n) is 4.64. The number of methoxy groups -OCH3 is 2. The van der Waals surface area contributed by atoms with Gasteiger partial charge in [-0.25, -0.2) is 0 Å². The van der Waals surface area contributed by atoms with Crippen LogP contribution >= 0.6 is 0 Å². The lowest BCUT2D eigenvalue weighted by Crippen LogP contribution is -2.17. The number of amides is 1. The highest BCUT2D eigenvalue weighted by atomic mass is 16.5. The van der Waals surface area contributed by atoms with Crippen molar-refractivity contribution in [2.75, 3.05) is 20.8 Å². The van der Waals surface area contributed by atoms with Crippen LogP contribution in [0.2, 0.25) is 0 Å². The van der Waals surface area contributed by atoms with Crippen molar-refractivity contribution in [3.8, 4) is 17.2 Å². The lowest BCUT2D eigenvalue weighted by atomic mass is 10.1. The Labute approximate surface area is 133 Å². The van der Waals surface area contributed by atoms with E-state index in [9.17, 15) is 9.59 Å². The molecule has 0 heterocycles. The molecule has 1 amide bonds. The summed E-state index contributed by atoms with van der Waals surface area (Å²) in [5.74, 6) is 0.227. The first kappa shape index (κ1) is 16.4. The zero-order valence-electron chi connectivity index (χ0n) is 12.9. The van der Waals surface area contributed by atoms with E-state index in [1.54, 1.807) is 30.3 Å². The second kappa shape index (κ2) is 7.31. The van der Waals surface area contributed by atoms with Crippen molar-refractivity contribution >= 4 is 11.7 Å². The van der Waals surface area contributed by atoms with Gasteiger partial charge in [0.05, 0.1) is 25.3 Å². The SMILES string of the molecule is COc1ccc(C(N)=O)c(OCC(=O)c2ccccc2OC)c1. The summed E-state index contributed by atoms with van der Waals surface area (Å²) in [5.41, 5.74) is 5.89. The lowest BCUT2D eigenvalue weighted by molar-refractivity contribution is 0.0909. The normalized spacial score (nSPS) is 10.0. The molecule has 0 unspecified atom stereocenters. The van der Waals surface area contributed by atoms with Gasteiger partial charge in [-0.05, 0) is 24.3 Å². The van der Waals surface area contributed by atoms with Crippen LogP contribution in [0.4, 0.5) is 0 Å². The smallest absolute Gasteiger partial charge is 0.252 e. The highest BCUT2D eigenvalue weighted by Crippen LogP contribution is 2.25. The Morgan fingerprint density at radius 2 is 1.70 bits per heavy atom. The number of carbonyl (C=O) groups excluding carboxylic acids is 2. The summed E-state index contributed by atoms with van der Waals surface area (Å²) in [6.45, 7) is -0.256. The minimum absolute atomic E-state index is 0.179. The first-order valence-corrected chi connectivity index (χ1v) is 6.83. The maximum atomic E-state index is 12.3. The monoisotopic (exact) mass is 315 g/mol. The minimum atomic E-state index is -0.646. The van der Waals surface area contributed by atoms with E-state index in [0.717, 1.165) is 0 Å². The molecular formula is C17H17NO5. The van der Waals surface area contributed by atoms with Gasteiger partial charge in [0.15, 0.2) is 6.61 Å². The van der Waals surface area contributed by atoms with Gasteiger partial charge in [-0.3, -0.25) is 9.59 Å². The lowest BCUT2D eigenvalue weighted by Gasteiger charge is -2.12. The molecule has 2 aromatic rings. The molecule has 2 N–H and O–H groups in total. The van der Waals surface area contributed by atoms with Gasteiger partial charge in [-0.15, -0.1) is 0 Å². The third-order valence-corrected chi connectivity index (χ3v) is 3.22. The minimum Gasteiger partial charge on any atom is -0.497 e. The van der Waals surface area contributed by atoms with Crippen LogP contribution in [0.15, 0.2) is 42.5 Å². The standard InChI is InChI=1S/C17H17NO5/c1-21-11-7-8-13(17(18)20)16(9-11)23-10-14(19)12-5-3-4-6-15(12)22-2/h3-9H,10H2,1-2H3,(H2,18,20). The number of ether oxygens (including phenoxy) is 3. The summed E-state index contributed by atoms with van der Waals surface area (Å²) in [4.78, 5) is 23.7. The van der Waals surface area contributed by atoms with Crippen LogP contribution in [0.25, 0.3) is 0 Å². The highest BCUT2D eigenvalue weighted by molar-refractivity contribution is 6.00. The summed E-state index contributed by atoms with van der Waals surface area (Å²) in [6, 6.07) is 11.4. The van der Waals surface area contributed by atoms with E-state index < -0.39 is 5.91 Å². The third kappa shape index (κ3) is 3.79. The van der Waals surface area contributed by atoms with Crippen molar-refractivity contribution in [1.29, 1.82) is 0 Å². The molecule has 0 atom stereocenters. The quantitative estimate of drug-likeness (QED) is 0.790. The molecule has 0 saturated heterocycles. The Kier molecular flexibility index (Phi) is 5.19. The molecule has 0 aliphatic heterocycles. The highest BCUT2D eigenvalue weighted by Gasteiger charge is 2.15. The molecule has 0 saturated carbocycles. The summed E-state index contributed by atoms with van der Waals surface area (Å²) in [6.07, 6.45) is 0. The van der Waals surface area contributed by atoms with Gasteiger partial charge >= 0.3 is 0 Å². The Morgan fingerprint density at radius 1 is 0.957 bits per heavy atom. The van der Waals surface area contributed by atoms with Crippen LogP contribution in [0.1, 0.15) is 20.7 Å². The number of ketones is 1. The number of benzene rings is 2. The van der Waals surface area contributed by atoms with Gasteiger partial charge in [0.25, 0.3) is 5.91 Å². The molecule has 0 bridgehead atoms. The number of Topliss-reactive ketones (excluding diaryl/α,β-unsaturated/α-hetero) is 1. The fourth-order valence-corrected chi connectivity index (χ4v) is 2.05. The van der Waals surface area contributed by atoms with E-state index in [-0.39, 0.29) is 23.7 Å². The summed E-state index contributed by atoms with van der Waals surface area (Å²) >= 11 is 0. The van der Waals surface area contributed by atoms with Gasteiger partial charge in [-0.2, -0.15) is 0 Å². The van der Waals surface area contributed by atoms with Crippen molar-refractivity contribution in [3.63, 3.8) is 0 Å². The largest absolute Gasteiger partial charge is 0.497 e. The molecule has 6 nitrogen and oxygen atoms in total. The number of primary amides is 1. The van der Waals surface area contributed by atoms with Crippen molar-refractivity contribution in [2.24, 2.45) is 5.73 Å². The van der Waals surface area contributed by atoms with Crippen molar-refractivity contribution in [3.05, 3.63) is 53.6 Å². The van der Waals surface area contributed by atoms with Crippen LogP contribution in [0.5, 0.6) is 17.2 Å². The maximum absolute atomic E-state index is 12.3. The maximum Gasteiger partial charge on any atom is 0.252 e. The van der Waals surface area contributed by atoms with Gasteiger partial charge in [-0.1, -0.05) is 12.1 Å². The second-order valence-corrected chi connectivity index (χ2v) is 4.64. The number of rotatable bonds is 7. The zero-order chi connectivity index (χ0) is 16.8. The number of hydrogen-bond acceptors (Lipinski definition) is 5. The predicted octanol–water partition coefficient (Wildman–Crippen LogP) is 2.06. The van der Waals surface area contributed by atoms with Crippen LogP contribution < -0.4 is 19.9 Å². The zero-order valence-corrected chi connectivity index (χ0v) is 12.9. The summed E-state index contributed by atoms with van der Waals surface area (Å²) in [5, 5.41) is 0. The topological polar surface area (TPSA) is 87.9 Å². The molecule has 0 aromatic heterocycles. The molecule has 120 valence electrons. The van der Waals surface area contributed by atoms with Crippen LogP contribution in [0, 0.1) is 0 Å². The van der Waals surface area contributed by atoms with Crippen LogP contribution in [-0.2, 0) is 0 Å². The van der Waals surface area contributed by atoms with E-state index >= 15 is 0 Å². The average molecular weight is 315 g/mol. The third-order valence-electron chi connectivity index (χ3n) is 3.22. The molecule has 0 aliphatic carbocycles. The van der Waals surface area contributed by atoms with Crippen molar-refractivity contribution < 1.29 is 23.8 Å². The molecule has 2 rings (SSSR count). The number of hydrogen-bond donors (Lipinski definition) is 1. The Morgan fingerprint density at radius 3 is 2.35 bits per heavy atom. The van der Waals surface area contributed by atoms with E-state index in [1.165, 1.54) is 26.4 Å². The average Bonchev–Trinajstić information content (AvgIpc) is 2.59. The summed E-state index contributed by atoms with van der Waals surface area (Å²) in [7, 11) is 2.98.